The lowest BCUT2D eigenvalue weighted by molar-refractivity contribution is 0.00711. The molecule has 2 aromatic rings. The van der Waals surface area contributed by atoms with Gasteiger partial charge in [0, 0.05) is 0 Å². The van der Waals surface area contributed by atoms with Crippen LogP contribution in [0.15, 0.2) is 60.7 Å². The molecule has 340 valence electrons. The Hall–Kier alpha value is -1.54. The predicted molar refractivity (Wildman–Crippen MR) is 256 cm³/mol. The van der Waals surface area contributed by atoms with E-state index in [1.54, 1.807) is 0 Å². The minimum absolute atomic E-state index is 0.249. The Labute approximate surface area is 365 Å². The largest absolute Gasteiger partial charge is 0.424 e. The Kier molecular flexibility index (Phi) is 30.0. The standard InChI is InChI=1S/C53H94O5Si/c1-5-7-9-11-19-31-41-49(54)51(56)43-33-21-15-13-17-25-35-46(36-26-18-14-16-22-34-44-52(57)50(55)42-32-20-12-10-8-6-2)45-53(3,4)59(58,47-37-27-23-28-38-47)48-39-29-24-30-40-48/h23-24,27-30,37-40,46,49-52,54-58H,5-22,25-26,31-36,41-45H2,1-4H3. The molecular formula is C53H94O5Si. The van der Waals surface area contributed by atoms with Gasteiger partial charge in [-0.2, -0.15) is 0 Å². The number of benzene rings is 2. The molecule has 0 saturated heterocycles. The molecule has 59 heavy (non-hydrogen) atoms. The van der Waals surface area contributed by atoms with E-state index in [-0.39, 0.29) is 5.04 Å². The van der Waals surface area contributed by atoms with E-state index >= 15 is 0 Å². The highest BCUT2D eigenvalue weighted by Gasteiger charge is 2.50. The SMILES string of the molecule is CCCCCCCCC(O)C(O)CCCCCCCCC(CCCCCCCCC(O)C(O)CCCCCCCC)CC(C)(C)[Si](O)(c1ccccc1)c1ccccc1. The van der Waals surface area contributed by atoms with Gasteiger partial charge in [0.05, 0.1) is 24.4 Å². The maximum atomic E-state index is 12.9. The van der Waals surface area contributed by atoms with Crippen molar-refractivity contribution in [2.45, 2.75) is 256 Å². The molecule has 5 N–H and O–H groups in total. The molecule has 0 spiro atoms. The monoisotopic (exact) mass is 839 g/mol. The zero-order chi connectivity index (χ0) is 43.0. The molecule has 0 saturated carbocycles. The minimum Gasteiger partial charge on any atom is -0.424 e. The van der Waals surface area contributed by atoms with Crippen LogP contribution in [-0.4, -0.2) is 58.0 Å². The van der Waals surface area contributed by atoms with Crippen LogP contribution in [0.25, 0.3) is 0 Å². The Morgan fingerprint density at radius 1 is 0.390 bits per heavy atom. The zero-order valence-corrected chi connectivity index (χ0v) is 39.8. The summed E-state index contributed by atoms with van der Waals surface area (Å²) < 4.78 is 0. The first kappa shape index (κ1) is 53.6. The third kappa shape index (κ3) is 22.4. The first-order valence-corrected chi connectivity index (χ1v) is 27.1. The van der Waals surface area contributed by atoms with Crippen molar-refractivity contribution in [1.82, 2.24) is 0 Å². The molecule has 0 bridgehead atoms. The van der Waals surface area contributed by atoms with Crippen LogP contribution in [0.5, 0.6) is 0 Å². The normalized spacial score (nSPS) is 14.9. The highest BCUT2D eigenvalue weighted by molar-refractivity contribution is 6.98. The molecule has 0 heterocycles. The number of rotatable bonds is 39. The fourth-order valence-corrected chi connectivity index (χ4v) is 13.4. The van der Waals surface area contributed by atoms with Crippen LogP contribution in [0.2, 0.25) is 5.04 Å². The lowest BCUT2D eigenvalue weighted by Gasteiger charge is -2.43. The summed E-state index contributed by atoms with van der Waals surface area (Å²) in [7, 11) is -3.07. The summed E-state index contributed by atoms with van der Waals surface area (Å²) in [6.07, 6.45) is 32.2. The second kappa shape index (κ2) is 33.1. The van der Waals surface area contributed by atoms with E-state index in [2.05, 4.69) is 76.2 Å². The van der Waals surface area contributed by atoms with Gasteiger partial charge < -0.3 is 25.2 Å². The van der Waals surface area contributed by atoms with Gasteiger partial charge in [-0.1, -0.05) is 255 Å². The third-order valence-corrected chi connectivity index (χ3v) is 18.0. The van der Waals surface area contributed by atoms with E-state index in [0.717, 1.165) is 81.0 Å². The second-order valence-corrected chi connectivity index (χ2v) is 23.1. The molecule has 0 aliphatic carbocycles. The van der Waals surface area contributed by atoms with Crippen LogP contribution in [0.1, 0.15) is 227 Å². The van der Waals surface area contributed by atoms with Gasteiger partial charge in [0.15, 0.2) is 0 Å². The number of hydrogen-bond donors (Lipinski definition) is 5. The Bertz CT molecular complexity index is 1140. The zero-order valence-electron chi connectivity index (χ0n) is 38.8. The van der Waals surface area contributed by atoms with Crippen molar-refractivity contribution in [3.8, 4) is 0 Å². The van der Waals surface area contributed by atoms with Crippen LogP contribution in [0.3, 0.4) is 0 Å². The summed E-state index contributed by atoms with van der Waals surface area (Å²) >= 11 is 0. The van der Waals surface area contributed by atoms with Crippen molar-refractivity contribution >= 4 is 18.7 Å². The quantitative estimate of drug-likeness (QED) is 0.0341. The molecule has 2 rings (SSSR count). The predicted octanol–water partition coefficient (Wildman–Crippen LogP) is 12.7. The summed E-state index contributed by atoms with van der Waals surface area (Å²) in [6.45, 7) is 9.11. The van der Waals surface area contributed by atoms with Crippen molar-refractivity contribution in [2.75, 3.05) is 0 Å². The van der Waals surface area contributed by atoms with Gasteiger partial charge in [0.1, 0.15) is 0 Å². The number of aliphatic hydroxyl groups is 4. The first-order valence-electron chi connectivity index (χ1n) is 25.1. The van der Waals surface area contributed by atoms with Gasteiger partial charge in [-0.05, 0) is 53.4 Å². The minimum atomic E-state index is -3.07. The van der Waals surface area contributed by atoms with Crippen molar-refractivity contribution in [1.29, 1.82) is 0 Å². The highest BCUT2D eigenvalue weighted by atomic mass is 28.4. The Morgan fingerprint density at radius 2 is 0.644 bits per heavy atom. The van der Waals surface area contributed by atoms with E-state index in [4.69, 9.17) is 0 Å². The van der Waals surface area contributed by atoms with Gasteiger partial charge in [-0.3, -0.25) is 0 Å². The van der Waals surface area contributed by atoms with Gasteiger partial charge in [-0.15, -0.1) is 0 Å². The van der Waals surface area contributed by atoms with Crippen molar-refractivity contribution in [3.05, 3.63) is 60.7 Å². The molecule has 0 radical (unpaired) electrons. The summed E-state index contributed by atoms with van der Waals surface area (Å²) in [4.78, 5) is 12.9. The first-order chi connectivity index (χ1) is 28.6. The molecule has 0 aromatic heterocycles. The van der Waals surface area contributed by atoms with Crippen LogP contribution in [-0.2, 0) is 0 Å². The Balaban J connectivity index is 1.83. The van der Waals surface area contributed by atoms with Crippen LogP contribution in [0.4, 0.5) is 0 Å². The average Bonchev–Trinajstić information content (AvgIpc) is 3.24. The second-order valence-electron chi connectivity index (χ2n) is 19.2. The van der Waals surface area contributed by atoms with Gasteiger partial charge in [-0.25, -0.2) is 0 Å². The van der Waals surface area contributed by atoms with Crippen molar-refractivity contribution < 1.29 is 25.2 Å². The van der Waals surface area contributed by atoms with Gasteiger partial charge in [0.25, 0.3) is 8.32 Å². The van der Waals surface area contributed by atoms with Crippen LogP contribution < -0.4 is 10.4 Å². The Morgan fingerprint density at radius 3 is 0.932 bits per heavy atom. The number of hydrogen-bond acceptors (Lipinski definition) is 5. The average molecular weight is 839 g/mol. The van der Waals surface area contributed by atoms with E-state index in [0.29, 0.717) is 18.8 Å². The smallest absolute Gasteiger partial charge is 0.258 e. The molecule has 0 fully saturated rings. The van der Waals surface area contributed by atoms with E-state index in [1.807, 2.05) is 12.1 Å². The molecule has 0 aliphatic heterocycles. The molecule has 0 aliphatic rings. The van der Waals surface area contributed by atoms with Crippen LogP contribution >= 0.6 is 0 Å². The molecule has 6 heteroatoms. The molecular weight excluding hydrogens is 745 g/mol. The molecule has 5 nitrogen and oxygen atoms in total. The fourth-order valence-electron chi connectivity index (χ4n) is 9.55. The fraction of sp³-hybridized carbons (Fsp3) is 0.774. The molecule has 4 unspecified atom stereocenters. The maximum Gasteiger partial charge on any atom is 0.258 e. The summed E-state index contributed by atoms with van der Waals surface area (Å²) in [5, 5.41) is 43.8. The van der Waals surface area contributed by atoms with E-state index in [1.165, 1.54) is 116 Å². The van der Waals surface area contributed by atoms with Gasteiger partial charge in [0.2, 0.25) is 0 Å². The lowest BCUT2D eigenvalue weighted by atomic mass is 9.87. The number of aliphatic hydroxyl groups excluding tert-OH is 4. The topological polar surface area (TPSA) is 101 Å². The summed E-state index contributed by atoms with van der Waals surface area (Å²) in [5.41, 5.74) is 0. The maximum absolute atomic E-state index is 12.9. The van der Waals surface area contributed by atoms with Gasteiger partial charge >= 0.3 is 0 Å². The molecule has 4 atom stereocenters. The summed E-state index contributed by atoms with van der Waals surface area (Å²) in [5.74, 6) is 0.558. The summed E-state index contributed by atoms with van der Waals surface area (Å²) in [6, 6.07) is 20.9. The lowest BCUT2D eigenvalue weighted by Crippen LogP contribution is -2.65. The molecule has 2 aromatic carbocycles. The third-order valence-electron chi connectivity index (χ3n) is 13.5. The van der Waals surface area contributed by atoms with E-state index in [9.17, 15) is 25.2 Å². The molecule has 0 amide bonds. The van der Waals surface area contributed by atoms with Crippen LogP contribution in [0, 0.1) is 5.92 Å². The van der Waals surface area contributed by atoms with Crippen molar-refractivity contribution in [2.24, 2.45) is 5.92 Å². The number of unbranched alkanes of at least 4 members (excludes halogenated alkanes) is 20. The highest BCUT2D eigenvalue weighted by Crippen LogP contribution is 2.44. The van der Waals surface area contributed by atoms with E-state index < -0.39 is 32.7 Å². The van der Waals surface area contributed by atoms with Crippen molar-refractivity contribution in [3.63, 3.8) is 0 Å².